The summed E-state index contributed by atoms with van der Waals surface area (Å²) in [5.74, 6) is -5.23. The van der Waals surface area contributed by atoms with Crippen LogP contribution in [0.25, 0.3) is 0 Å². The number of hydrogen-bond acceptors (Lipinski definition) is 15. The van der Waals surface area contributed by atoms with Crippen LogP contribution < -0.4 is 24.8 Å². The highest BCUT2D eigenvalue weighted by Gasteiger charge is 2.43. The lowest BCUT2D eigenvalue weighted by Crippen LogP contribution is -2.58. The molecule has 0 saturated carbocycles. The van der Waals surface area contributed by atoms with Crippen molar-refractivity contribution in [2.75, 3.05) is 74.8 Å². The van der Waals surface area contributed by atoms with E-state index in [4.69, 9.17) is 28.4 Å². The summed E-state index contributed by atoms with van der Waals surface area (Å²) in [6.07, 6.45) is 4.10. The third-order valence-corrected chi connectivity index (χ3v) is 14.3. The van der Waals surface area contributed by atoms with E-state index >= 15 is 0 Å². The molecule has 2 heterocycles. The molecular formula is C62H84N6O15. The SMILES string of the molecule is COc1ccc(CC[C@H]2OC(=O)[C@@H]3CCCCN3C(=O)C(=O)C(C)(C)COC(=O)/C=C\CCN(C)C(=O)[C@@H](CC(C)C)NC(=O)[C@H](COC(C)(C)C)N(C)C(=O)C(c3ccccc3)NC(=O)CN(C)C(=O)COc3cccc2c3)cc1OC. The third kappa shape index (κ3) is 19.4. The Labute approximate surface area is 487 Å². The molecule has 5 atom stereocenters. The zero-order valence-corrected chi connectivity index (χ0v) is 50.2. The predicted octanol–water partition coefficient (Wildman–Crippen LogP) is 5.73. The Bertz CT molecular complexity index is 2790. The quantitative estimate of drug-likeness (QED) is 0.182. The van der Waals surface area contributed by atoms with Crippen molar-refractivity contribution in [1.29, 1.82) is 0 Å². The number of nitrogens with one attached hydrogen (secondary N) is 2. The predicted molar refractivity (Wildman–Crippen MR) is 308 cm³/mol. The van der Waals surface area contributed by atoms with Gasteiger partial charge in [-0.2, -0.15) is 0 Å². The summed E-state index contributed by atoms with van der Waals surface area (Å²) < 4.78 is 34.8. The van der Waals surface area contributed by atoms with Gasteiger partial charge in [0, 0.05) is 40.3 Å². The van der Waals surface area contributed by atoms with Crippen molar-refractivity contribution >= 4 is 53.2 Å². The number of rotatable bonds is 10. The molecule has 21 nitrogen and oxygen atoms in total. The Hall–Kier alpha value is -7.81. The summed E-state index contributed by atoms with van der Waals surface area (Å²) in [7, 11) is 7.42. The molecule has 6 amide bonds. The molecule has 2 aliphatic rings. The Morgan fingerprint density at radius 3 is 2.14 bits per heavy atom. The number of Topliss-reactive ketones (excluding diaryl/α,β-unsaturated/α-hetero) is 1. The molecule has 2 N–H and O–H groups in total. The van der Waals surface area contributed by atoms with Gasteiger partial charge >= 0.3 is 11.9 Å². The van der Waals surface area contributed by atoms with Gasteiger partial charge in [-0.15, -0.1) is 0 Å². The van der Waals surface area contributed by atoms with E-state index in [1.165, 1.54) is 62.9 Å². The van der Waals surface area contributed by atoms with E-state index in [-0.39, 0.29) is 57.0 Å². The van der Waals surface area contributed by atoms with E-state index in [1.807, 2.05) is 26.0 Å². The fourth-order valence-corrected chi connectivity index (χ4v) is 9.39. The standard InChI is InChI=1S/C62H84N6O15/c1-40(2)33-45-57(74)65(8)31-18-17-26-53(71)81-39-62(6,7)55(72)59(76)68-32-19-16-25-46(68)60(77)83-48(29-27-41-28-30-49(78-11)50(34-41)79-12)43-23-20-24-44(35-43)80-38-52(70)66(9)36-51(69)64-54(42-21-14-13-15-22-42)58(75)67(10)47(56(73)63-45)37-82-61(3,4)5/h13-15,17,20-24,26,28,30,34-35,40,45-48,54H,16,18-19,25,27,29,31-33,36-39H2,1-12H3,(H,63,73)(H,64,69)/b26-17-/t45-,46+,47+,48-,54?/m1/s1. The van der Waals surface area contributed by atoms with Crippen LogP contribution in [0.3, 0.4) is 0 Å². The van der Waals surface area contributed by atoms with Crippen molar-refractivity contribution in [3.63, 3.8) is 0 Å². The number of piperidine rings is 1. The third-order valence-electron chi connectivity index (χ3n) is 14.3. The van der Waals surface area contributed by atoms with Crippen LogP contribution >= 0.6 is 0 Å². The highest BCUT2D eigenvalue weighted by atomic mass is 16.5. The zero-order chi connectivity index (χ0) is 61.2. The number of aryl methyl sites for hydroxylation is 1. The molecule has 2 bridgehead atoms. The maximum atomic E-state index is 14.7. The number of nitrogens with zero attached hydrogens (tertiary/aromatic N) is 4. The summed E-state index contributed by atoms with van der Waals surface area (Å²) in [5, 5.41) is 5.64. The van der Waals surface area contributed by atoms with Gasteiger partial charge in [-0.1, -0.05) is 68.5 Å². The molecular weight excluding hydrogens is 1070 g/mol. The van der Waals surface area contributed by atoms with E-state index < -0.39 is 114 Å². The van der Waals surface area contributed by atoms with Crippen molar-refractivity contribution in [3.8, 4) is 17.2 Å². The van der Waals surface area contributed by atoms with Gasteiger partial charge in [0.25, 0.3) is 11.8 Å². The first kappa shape index (κ1) is 66.0. The molecule has 3 aromatic carbocycles. The van der Waals surface area contributed by atoms with E-state index in [1.54, 1.807) is 88.5 Å². The zero-order valence-electron chi connectivity index (χ0n) is 50.2. The Kier molecular flexibility index (Phi) is 24.2. The molecule has 0 aromatic heterocycles. The lowest BCUT2D eigenvalue weighted by Gasteiger charge is -2.36. The fourth-order valence-electron chi connectivity index (χ4n) is 9.39. The van der Waals surface area contributed by atoms with Gasteiger partial charge in [-0.05, 0) is 126 Å². The van der Waals surface area contributed by atoms with E-state index in [0.29, 0.717) is 41.9 Å². The van der Waals surface area contributed by atoms with Gasteiger partial charge in [-0.25, -0.2) is 9.59 Å². The van der Waals surface area contributed by atoms with E-state index in [9.17, 15) is 43.2 Å². The number of methoxy groups -OCH3 is 2. The number of carbonyl (C=O) groups excluding carboxylic acids is 9. The van der Waals surface area contributed by atoms with Crippen LogP contribution in [0.1, 0.15) is 116 Å². The maximum Gasteiger partial charge on any atom is 0.330 e. The van der Waals surface area contributed by atoms with Crippen molar-refractivity contribution in [2.45, 2.75) is 129 Å². The lowest BCUT2D eigenvalue weighted by molar-refractivity contribution is -0.165. The highest BCUT2D eigenvalue weighted by Crippen LogP contribution is 2.33. The number of benzene rings is 3. The molecule has 2 aliphatic heterocycles. The monoisotopic (exact) mass is 1150 g/mol. The van der Waals surface area contributed by atoms with E-state index in [2.05, 4.69) is 10.6 Å². The minimum atomic E-state index is -1.50. The van der Waals surface area contributed by atoms with Crippen molar-refractivity contribution in [1.82, 2.24) is 30.2 Å². The largest absolute Gasteiger partial charge is 0.493 e. The average Bonchev–Trinajstić information content (AvgIpc) is 3.65. The Morgan fingerprint density at radius 2 is 1.47 bits per heavy atom. The minimum absolute atomic E-state index is 0.0629. The second-order valence-electron chi connectivity index (χ2n) is 23.0. The Balaban J connectivity index is 1.49. The molecule has 0 aliphatic carbocycles. The second kappa shape index (κ2) is 30.5. The van der Waals surface area contributed by atoms with Gasteiger partial charge in [0.1, 0.15) is 42.6 Å². The van der Waals surface area contributed by atoms with Gasteiger partial charge in [0.15, 0.2) is 18.1 Å². The normalized spacial score (nSPS) is 22.6. The molecule has 3 aromatic rings. The van der Waals surface area contributed by atoms with Crippen LogP contribution in [0, 0.1) is 11.3 Å². The molecule has 21 heteroatoms. The topological polar surface area (TPSA) is 246 Å². The van der Waals surface area contributed by atoms with Crippen LogP contribution in [-0.2, 0) is 63.8 Å². The Morgan fingerprint density at radius 1 is 0.771 bits per heavy atom. The molecule has 0 spiro atoms. The average molecular weight is 1150 g/mol. The van der Waals surface area contributed by atoms with Crippen molar-refractivity contribution in [3.05, 3.63) is 102 Å². The number of ether oxygens (including phenoxy) is 6. The number of cyclic esters (lactones) is 2. The number of amides is 6. The van der Waals surface area contributed by atoms with Crippen molar-refractivity contribution < 1.29 is 71.6 Å². The van der Waals surface area contributed by atoms with Crippen LogP contribution in [0.15, 0.2) is 84.9 Å². The molecule has 1 saturated heterocycles. The highest BCUT2D eigenvalue weighted by molar-refractivity contribution is 6.38. The molecule has 452 valence electrons. The first-order valence-electron chi connectivity index (χ1n) is 28.1. The molecule has 1 fully saturated rings. The number of carbonyl (C=O) groups is 9. The number of esters is 2. The van der Waals surface area contributed by atoms with Crippen molar-refractivity contribution in [2.24, 2.45) is 11.3 Å². The smallest absolute Gasteiger partial charge is 0.330 e. The summed E-state index contributed by atoms with van der Waals surface area (Å²) in [6.45, 7) is 10.6. The van der Waals surface area contributed by atoms with Crippen LogP contribution in [0.5, 0.6) is 17.2 Å². The number of hydrogen-bond donors (Lipinski definition) is 2. The number of ketones is 1. The first-order valence-corrected chi connectivity index (χ1v) is 28.1. The van der Waals surface area contributed by atoms with E-state index in [0.717, 1.165) is 16.5 Å². The summed E-state index contributed by atoms with van der Waals surface area (Å²) in [5.41, 5.74) is -0.533. The van der Waals surface area contributed by atoms with Gasteiger partial charge < -0.3 is 58.7 Å². The van der Waals surface area contributed by atoms with Gasteiger partial charge in [-0.3, -0.25) is 33.6 Å². The van der Waals surface area contributed by atoms with Gasteiger partial charge in [0.2, 0.25) is 29.4 Å². The second-order valence-corrected chi connectivity index (χ2v) is 23.0. The molecule has 0 radical (unpaired) electrons. The minimum Gasteiger partial charge on any atom is -0.493 e. The number of likely N-dealkylation sites (N-methyl/N-ethyl adjacent to an activating group) is 3. The van der Waals surface area contributed by atoms with Crippen LogP contribution in [0.4, 0.5) is 0 Å². The molecule has 1 unspecified atom stereocenters. The lowest BCUT2D eigenvalue weighted by atomic mass is 9.87. The molecule has 83 heavy (non-hydrogen) atoms. The van der Waals surface area contributed by atoms with Crippen LogP contribution in [-0.4, -0.2) is 171 Å². The summed E-state index contributed by atoms with van der Waals surface area (Å²) in [6, 6.07) is 15.7. The molecule has 5 rings (SSSR count). The number of fused-ring (bicyclic) bond motifs is 3. The maximum absolute atomic E-state index is 14.7. The van der Waals surface area contributed by atoms with Gasteiger partial charge in [0.05, 0.1) is 38.4 Å². The summed E-state index contributed by atoms with van der Waals surface area (Å²) in [4.78, 5) is 132. The first-order chi connectivity index (χ1) is 39.2. The fraction of sp³-hybridized carbons (Fsp3) is 0.532. The summed E-state index contributed by atoms with van der Waals surface area (Å²) >= 11 is 0. The van der Waals surface area contributed by atoms with Crippen LogP contribution in [0.2, 0.25) is 0 Å².